The first-order valence-electron chi connectivity index (χ1n) is 8.47. The summed E-state index contributed by atoms with van der Waals surface area (Å²) < 4.78 is 34.1. The van der Waals surface area contributed by atoms with Crippen LogP contribution in [0.3, 0.4) is 0 Å². The van der Waals surface area contributed by atoms with Crippen LogP contribution >= 0.6 is 0 Å². The molecule has 0 radical (unpaired) electrons. The predicted octanol–water partition coefficient (Wildman–Crippen LogP) is 2.97. The van der Waals surface area contributed by atoms with Gasteiger partial charge in [0.15, 0.2) is 18.1 Å². The van der Waals surface area contributed by atoms with Gasteiger partial charge in [-0.25, -0.2) is 4.39 Å². The fourth-order valence-corrected chi connectivity index (χ4v) is 2.51. The van der Waals surface area contributed by atoms with Gasteiger partial charge >= 0.3 is 5.97 Å². The highest BCUT2D eigenvalue weighted by Gasteiger charge is 2.15. The largest absolute Gasteiger partial charge is 0.493 e. The first-order valence-corrected chi connectivity index (χ1v) is 8.47. The van der Waals surface area contributed by atoms with Crippen LogP contribution in [0.1, 0.15) is 12.0 Å². The quantitative estimate of drug-likeness (QED) is 0.662. The van der Waals surface area contributed by atoms with E-state index in [0.29, 0.717) is 28.5 Å². The average molecular weight is 391 g/mol. The number of hydrogen-bond acceptors (Lipinski definition) is 6. The Bertz CT molecular complexity index is 814. The topological polar surface area (TPSA) is 83.1 Å². The van der Waals surface area contributed by atoms with Crippen LogP contribution in [0.15, 0.2) is 36.4 Å². The predicted molar refractivity (Wildman–Crippen MR) is 100 cm³/mol. The summed E-state index contributed by atoms with van der Waals surface area (Å²) in [5, 5.41) is 2.59. The summed E-state index contributed by atoms with van der Waals surface area (Å²) in [6, 6.07) is 9.29. The summed E-state index contributed by atoms with van der Waals surface area (Å²) in [5.41, 5.74) is 0.809. The molecule has 2 aromatic carbocycles. The lowest BCUT2D eigenvalue weighted by Gasteiger charge is -2.14. The zero-order chi connectivity index (χ0) is 20.5. The molecule has 0 aliphatic heterocycles. The number of anilines is 1. The molecule has 0 fully saturated rings. The van der Waals surface area contributed by atoms with Gasteiger partial charge in [-0.05, 0) is 18.1 Å². The highest BCUT2D eigenvalue weighted by molar-refractivity contribution is 5.93. The van der Waals surface area contributed by atoms with Crippen molar-refractivity contribution in [3.05, 3.63) is 47.8 Å². The molecular formula is C20H22FNO6. The number of carbonyl (C=O) groups excluding carboxylic acids is 2. The van der Waals surface area contributed by atoms with Crippen molar-refractivity contribution in [2.45, 2.75) is 12.8 Å². The maximum Gasteiger partial charge on any atom is 0.306 e. The van der Waals surface area contributed by atoms with Crippen molar-refractivity contribution in [2.75, 3.05) is 33.3 Å². The van der Waals surface area contributed by atoms with Gasteiger partial charge in [0.25, 0.3) is 5.91 Å². The van der Waals surface area contributed by atoms with Crippen molar-refractivity contribution in [1.82, 2.24) is 0 Å². The van der Waals surface area contributed by atoms with E-state index in [1.165, 1.54) is 27.4 Å². The normalized spacial score (nSPS) is 10.1. The minimum Gasteiger partial charge on any atom is -0.493 e. The molecular weight excluding hydrogens is 369 g/mol. The Hall–Kier alpha value is -3.29. The van der Waals surface area contributed by atoms with Gasteiger partial charge < -0.3 is 24.3 Å². The molecule has 0 saturated carbocycles. The molecule has 2 rings (SSSR count). The van der Waals surface area contributed by atoms with E-state index < -0.39 is 18.5 Å². The van der Waals surface area contributed by atoms with Crippen LogP contribution in [0.25, 0.3) is 0 Å². The number of esters is 1. The van der Waals surface area contributed by atoms with E-state index in [2.05, 4.69) is 5.32 Å². The number of nitrogens with one attached hydrogen (secondary N) is 1. The lowest BCUT2D eigenvalue weighted by molar-refractivity contribution is -0.147. The zero-order valence-electron chi connectivity index (χ0n) is 15.9. The van der Waals surface area contributed by atoms with Gasteiger partial charge in [0.1, 0.15) is 5.82 Å². The zero-order valence-corrected chi connectivity index (χ0v) is 15.9. The van der Waals surface area contributed by atoms with Crippen molar-refractivity contribution in [2.24, 2.45) is 0 Å². The van der Waals surface area contributed by atoms with Gasteiger partial charge in [0.05, 0.1) is 21.3 Å². The molecule has 1 amide bonds. The van der Waals surface area contributed by atoms with Crippen LogP contribution < -0.4 is 19.5 Å². The van der Waals surface area contributed by atoms with Crippen LogP contribution in [-0.4, -0.2) is 39.8 Å². The summed E-state index contributed by atoms with van der Waals surface area (Å²) in [6.07, 6.45) is 0.165. The van der Waals surface area contributed by atoms with Gasteiger partial charge in [0, 0.05) is 24.2 Å². The summed E-state index contributed by atoms with van der Waals surface area (Å²) in [6.45, 7) is -0.466. The number of methoxy groups -OCH3 is 3. The van der Waals surface area contributed by atoms with Gasteiger partial charge in [-0.15, -0.1) is 0 Å². The van der Waals surface area contributed by atoms with Crippen LogP contribution in [0, 0.1) is 5.82 Å². The fourth-order valence-electron chi connectivity index (χ4n) is 2.51. The molecule has 28 heavy (non-hydrogen) atoms. The molecule has 0 atom stereocenters. The number of aryl methyl sites for hydroxylation is 1. The van der Waals surface area contributed by atoms with Crippen molar-refractivity contribution in [1.29, 1.82) is 0 Å². The molecule has 0 saturated heterocycles. The van der Waals surface area contributed by atoms with Gasteiger partial charge in [0.2, 0.25) is 5.75 Å². The Balaban J connectivity index is 1.88. The minimum atomic E-state index is -0.594. The van der Waals surface area contributed by atoms with Gasteiger partial charge in [-0.3, -0.25) is 9.59 Å². The average Bonchev–Trinajstić information content (AvgIpc) is 2.70. The third kappa shape index (κ3) is 5.60. The van der Waals surface area contributed by atoms with E-state index in [9.17, 15) is 14.0 Å². The van der Waals surface area contributed by atoms with Crippen molar-refractivity contribution < 1.29 is 32.9 Å². The second-order valence-corrected chi connectivity index (χ2v) is 5.71. The standard InChI is InChI=1S/C20H22FNO6/c1-25-16-10-14(11-17(26-2)20(16)27-3)22-18(23)12-28-19(24)9-8-13-6-4-5-7-15(13)21/h4-7,10-11H,8-9,12H2,1-3H3,(H,22,23). The van der Waals surface area contributed by atoms with Crippen molar-refractivity contribution in [3.8, 4) is 17.2 Å². The number of ether oxygens (including phenoxy) is 4. The SMILES string of the molecule is COc1cc(NC(=O)COC(=O)CCc2ccccc2F)cc(OC)c1OC. The fraction of sp³-hybridized carbons (Fsp3) is 0.300. The van der Waals surface area contributed by atoms with Gasteiger partial charge in [-0.1, -0.05) is 18.2 Å². The third-order valence-corrected chi connectivity index (χ3v) is 3.87. The first-order chi connectivity index (χ1) is 13.5. The van der Waals surface area contributed by atoms with Crippen molar-refractivity contribution in [3.63, 3.8) is 0 Å². The highest BCUT2D eigenvalue weighted by atomic mass is 19.1. The molecule has 2 aromatic rings. The summed E-state index contributed by atoms with van der Waals surface area (Å²) in [7, 11) is 4.39. The summed E-state index contributed by atoms with van der Waals surface area (Å²) in [5.74, 6) is -0.368. The Morgan fingerprint density at radius 2 is 1.64 bits per heavy atom. The summed E-state index contributed by atoms with van der Waals surface area (Å²) in [4.78, 5) is 23.8. The molecule has 0 aliphatic rings. The number of hydrogen-bond donors (Lipinski definition) is 1. The Morgan fingerprint density at radius 3 is 2.21 bits per heavy atom. The first kappa shape index (κ1) is 21.0. The van der Waals surface area contributed by atoms with E-state index in [1.807, 2.05) is 0 Å². The highest BCUT2D eigenvalue weighted by Crippen LogP contribution is 2.39. The number of rotatable bonds is 9. The van der Waals surface area contributed by atoms with E-state index in [4.69, 9.17) is 18.9 Å². The monoisotopic (exact) mass is 391 g/mol. The van der Waals surface area contributed by atoms with E-state index in [1.54, 1.807) is 30.3 Å². The Kier molecular flexibility index (Phi) is 7.62. The molecule has 8 heteroatoms. The summed E-state index contributed by atoms with van der Waals surface area (Å²) >= 11 is 0. The van der Waals surface area contributed by atoms with Crippen LogP contribution in [0.5, 0.6) is 17.2 Å². The third-order valence-electron chi connectivity index (χ3n) is 3.87. The molecule has 0 bridgehead atoms. The van der Waals surface area contributed by atoms with Crippen LogP contribution in [-0.2, 0) is 20.7 Å². The molecule has 0 heterocycles. The smallest absolute Gasteiger partial charge is 0.306 e. The van der Waals surface area contributed by atoms with Gasteiger partial charge in [-0.2, -0.15) is 0 Å². The molecule has 1 N–H and O–H groups in total. The molecule has 0 spiro atoms. The number of halogens is 1. The maximum absolute atomic E-state index is 13.5. The molecule has 0 aromatic heterocycles. The second kappa shape index (κ2) is 10.1. The van der Waals surface area contributed by atoms with Crippen molar-refractivity contribution >= 4 is 17.6 Å². The number of amides is 1. The van der Waals surface area contributed by atoms with E-state index in [-0.39, 0.29) is 18.7 Å². The Labute approximate surface area is 162 Å². The molecule has 0 aliphatic carbocycles. The molecule has 150 valence electrons. The molecule has 0 unspecified atom stereocenters. The van der Waals surface area contributed by atoms with Crippen LogP contribution in [0.4, 0.5) is 10.1 Å². The number of benzene rings is 2. The lowest BCUT2D eigenvalue weighted by atomic mass is 10.1. The van der Waals surface area contributed by atoms with Crippen LogP contribution in [0.2, 0.25) is 0 Å². The minimum absolute atomic E-state index is 0.0294. The maximum atomic E-state index is 13.5. The lowest BCUT2D eigenvalue weighted by Crippen LogP contribution is -2.21. The Morgan fingerprint density at radius 1 is 1.00 bits per heavy atom. The second-order valence-electron chi connectivity index (χ2n) is 5.71. The van der Waals surface area contributed by atoms with E-state index >= 15 is 0 Å². The number of carbonyl (C=O) groups is 2. The molecule has 7 nitrogen and oxygen atoms in total. The van der Waals surface area contributed by atoms with E-state index in [0.717, 1.165) is 0 Å².